The molecule has 0 aliphatic heterocycles. The Morgan fingerprint density at radius 2 is 2.06 bits per heavy atom. The highest BCUT2D eigenvalue weighted by atomic mass is 15.3. The number of nitrogens with one attached hydrogen (secondary N) is 1. The minimum Gasteiger partial charge on any atom is -0.308 e. The van der Waals surface area contributed by atoms with E-state index in [9.17, 15) is 0 Å². The van der Waals surface area contributed by atoms with Gasteiger partial charge in [0.05, 0.1) is 12.6 Å². The van der Waals surface area contributed by atoms with E-state index in [1.807, 2.05) is 29.2 Å². The maximum atomic E-state index is 4.27. The van der Waals surface area contributed by atoms with Gasteiger partial charge in [-0.2, -0.15) is 5.10 Å². The van der Waals surface area contributed by atoms with Crippen LogP contribution in [0.15, 0.2) is 48.8 Å². The van der Waals surface area contributed by atoms with Crippen molar-refractivity contribution in [1.29, 1.82) is 0 Å². The molecule has 3 nitrogen and oxygen atoms in total. The second kappa shape index (κ2) is 6.21. The van der Waals surface area contributed by atoms with Gasteiger partial charge in [0.15, 0.2) is 0 Å². The Hall–Kier alpha value is -1.61. The first-order valence-electron chi connectivity index (χ1n) is 6.16. The summed E-state index contributed by atoms with van der Waals surface area (Å²) in [7, 11) is 0. The lowest BCUT2D eigenvalue weighted by molar-refractivity contribution is 0.439. The maximum absolute atomic E-state index is 4.27. The van der Waals surface area contributed by atoms with E-state index in [2.05, 4.69) is 41.6 Å². The molecule has 0 bridgehead atoms. The summed E-state index contributed by atoms with van der Waals surface area (Å²) in [6.45, 7) is 4.08. The first-order valence-corrected chi connectivity index (χ1v) is 6.16. The zero-order valence-corrected chi connectivity index (χ0v) is 10.2. The van der Waals surface area contributed by atoms with E-state index in [4.69, 9.17) is 0 Å². The lowest BCUT2D eigenvalue weighted by Gasteiger charge is -2.19. The smallest absolute Gasteiger partial charge is 0.0604 e. The van der Waals surface area contributed by atoms with Gasteiger partial charge in [-0.1, -0.05) is 37.3 Å². The lowest BCUT2D eigenvalue weighted by atomic mass is 10.1. The fourth-order valence-electron chi connectivity index (χ4n) is 1.89. The average molecular weight is 229 g/mol. The Balaban J connectivity index is 2.08. The van der Waals surface area contributed by atoms with Crippen LogP contribution in [0.2, 0.25) is 0 Å². The van der Waals surface area contributed by atoms with Crippen molar-refractivity contribution in [2.24, 2.45) is 0 Å². The van der Waals surface area contributed by atoms with Crippen LogP contribution in [0.1, 0.15) is 24.9 Å². The topological polar surface area (TPSA) is 29.9 Å². The summed E-state index contributed by atoms with van der Waals surface area (Å²) in [4.78, 5) is 0. The first-order chi connectivity index (χ1) is 8.40. The summed E-state index contributed by atoms with van der Waals surface area (Å²) in [5.41, 5.74) is 1.32. The van der Waals surface area contributed by atoms with Crippen LogP contribution >= 0.6 is 0 Å². The zero-order valence-electron chi connectivity index (χ0n) is 10.2. The molecule has 1 aromatic carbocycles. The lowest BCUT2D eigenvalue weighted by Crippen LogP contribution is -2.26. The van der Waals surface area contributed by atoms with E-state index in [0.717, 1.165) is 19.5 Å². The highest BCUT2D eigenvalue weighted by molar-refractivity contribution is 5.18. The second-order valence-corrected chi connectivity index (χ2v) is 4.15. The van der Waals surface area contributed by atoms with E-state index < -0.39 is 0 Å². The van der Waals surface area contributed by atoms with Crippen molar-refractivity contribution in [3.63, 3.8) is 0 Å². The minimum atomic E-state index is 0.330. The van der Waals surface area contributed by atoms with Crippen molar-refractivity contribution >= 4 is 0 Å². The molecule has 1 heterocycles. The second-order valence-electron chi connectivity index (χ2n) is 4.15. The quantitative estimate of drug-likeness (QED) is 0.825. The average Bonchev–Trinajstić information content (AvgIpc) is 2.88. The van der Waals surface area contributed by atoms with Crippen LogP contribution in [0.4, 0.5) is 0 Å². The van der Waals surface area contributed by atoms with Gasteiger partial charge in [-0.05, 0) is 24.6 Å². The highest BCUT2D eigenvalue weighted by Gasteiger charge is 2.10. The number of benzene rings is 1. The third-order valence-electron chi connectivity index (χ3n) is 2.77. The molecule has 0 saturated carbocycles. The minimum absolute atomic E-state index is 0.330. The predicted molar refractivity (Wildman–Crippen MR) is 69.7 cm³/mol. The van der Waals surface area contributed by atoms with Gasteiger partial charge in [0.1, 0.15) is 0 Å². The van der Waals surface area contributed by atoms with Gasteiger partial charge in [0.2, 0.25) is 0 Å². The summed E-state index contributed by atoms with van der Waals surface area (Å²) < 4.78 is 1.97. The molecule has 1 aromatic heterocycles. The Kier molecular flexibility index (Phi) is 4.33. The number of rotatable bonds is 6. The standard InChI is InChI=1S/C14H19N3/c1-2-9-15-14(12-17-11-6-10-16-17)13-7-4-3-5-8-13/h3-8,10-11,14-15H,2,9,12H2,1H3. The van der Waals surface area contributed by atoms with Crippen LogP contribution in [0.25, 0.3) is 0 Å². The molecule has 0 saturated heterocycles. The van der Waals surface area contributed by atoms with Crippen molar-refractivity contribution in [1.82, 2.24) is 15.1 Å². The first kappa shape index (κ1) is 11.9. The SMILES string of the molecule is CCCNC(Cn1cccn1)c1ccccc1. The molecule has 2 aromatic rings. The number of nitrogens with zero attached hydrogens (tertiary/aromatic N) is 2. The van der Waals surface area contributed by atoms with Gasteiger partial charge in [-0.15, -0.1) is 0 Å². The molecule has 0 spiro atoms. The normalized spacial score (nSPS) is 12.5. The Morgan fingerprint density at radius 3 is 2.71 bits per heavy atom. The van der Waals surface area contributed by atoms with E-state index in [1.54, 1.807) is 0 Å². The van der Waals surface area contributed by atoms with E-state index in [1.165, 1.54) is 5.56 Å². The Labute approximate surface area is 102 Å². The molecule has 1 unspecified atom stereocenters. The van der Waals surface area contributed by atoms with E-state index in [0.29, 0.717) is 6.04 Å². The molecule has 0 aliphatic rings. The molecule has 1 N–H and O–H groups in total. The molecule has 2 rings (SSSR count). The predicted octanol–water partition coefficient (Wildman–Crippen LogP) is 2.62. The molecular formula is C14H19N3. The van der Waals surface area contributed by atoms with Crippen LogP contribution < -0.4 is 5.32 Å². The summed E-state index contributed by atoms with van der Waals surface area (Å²) in [6.07, 6.45) is 4.97. The fraction of sp³-hybridized carbons (Fsp3) is 0.357. The van der Waals surface area contributed by atoms with Crippen molar-refractivity contribution in [2.75, 3.05) is 6.54 Å². The largest absolute Gasteiger partial charge is 0.308 e. The van der Waals surface area contributed by atoms with Crippen LogP contribution in [0.5, 0.6) is 0 Å². The van der Waals surface area contributed by atoms with Gasteiger partial charge in [0, 0.05) is 12.4 Å². The summed E-state index contributed by atoms with van der Waals surface area (Å²) in [5, 5.41) is 7.83. The molecule has 90 valence electrons. The molecular weight excluding hydrogens is 210 g/mol. The Morgan fingerprint density at radius 1 is 1.24 bits per heavy atom. The third kappa shape index (κ3) is 3.43. The van der Waals surface area contributed by atoms with Gasteiger partial charge >= 0.3 is 0 Å². The number of hydrogen-bond donors (Lipinski definition) is 1. The van der Waals surface area contributed by atoms with Crippen molar-refractivity contribution in [3.05, 3.63) is 54.4 Å². The maximum Gasteiger partial charge on any atom is 0.0604 e. The van der Waals surface area contributed by atoms with Gasteiger partial charge < -0.3 is 5.32 Å². The molecule has 1 atom stereocenters. The number of hydrogen-bond acceptors (Lipinski definition) is 2. The van der Waals surface area contributed by atoms with E-state index >= 15 is 0 Å². The van der Waals surface area contributed by atoms with Gasteiger partial charge in [-0.3, -0.25) is 4.68 Å². The van der Waals surface area contributed by atoms with Crippen molar-refractivity contribution in [3.8, 4) is 0 Å². The zero-order chi connectivity index (χ0) is 11.9. The third-order valence-corrected chi connectivity index (χ3v) is 2.77. The van der Waals surface area contributed by atoms with Gasteiger partial charge in [-0.25, -0.2) is 0 Å². The molecule has 0 radical (unpaired) electrons. The van der Waals surface area contributed by atoms with Crippen molar-refractivity contribution in [2.45, 2.75) is 25.9 Å². The summed E-state index contributed by atoms with van der Waals surface area (Å²) >= 11 is 0. The highest BCUT2D eigenvalue weighted by Crippen LogP contribution is 2.14. The van der Waals surface area contributed by atoms with Crippen molar-refractivity contribution < 1.29 is 0 Å². The number of aromatic nitrogens is 2. The Bertz CT molecular complexity index is 408. The van der Waals surface area contributed by atoms with Crippen LogP contribution in [-0.4, -0.2) is 16.3 Å². The molecule has 17 heavy (non-hydrogen) atoms. The summed E-state index contributed by atoms with van der Waals surface area (Å²) in [5.74, 6) is 0. The van der Waals surface area contributed by atoms with Crippen LogP contribution in [0, 0.1) is 0 Å². The van der Waals surface area contributed by atoms with E-state index in [-0.39, 0.29) is 0 Å². The monoisotopic (exact) mass is 229 g/mol. The van der Waals surface area contributed by atoms with Gasteiger partial charge in [0.25, 0.3) is 0 Å². The molecule has 3 heteroatoms. The fourth-order valence-corrected chi connectivity index (χ4v) is 1.89. The van der Waals surface area contributed by atoms with Crippen LogP contribution in [-0.2, 0) is 6.54 Å². The summed E-state index contributed by atoms with van der Waals surface area (Å²) in [6, 6.07) is 12.8. The van der Waals surface area contributed by atoms with Crippen LogP contribution in [0.3, 0.4) is 0 Å². The molecule has 0 amide bonds. The molecule has 0 fully saturated rings. The molecule has 0 aliphatic carbocycles.